The number of hydrogen-bond donors (Lipinski definition) is 3. The van der Waals surface area contributed by atoms with Crippen molar-refractivity contribution in [2.45, 2.75) is 20.8 Å². The fourth-order valence-corrected chi connectivity index (χ4v) is 2.96. The van der Waals surface area contributed by atoms with Crippen molar-refractivity contribution in [2.24, 2.45) is 5.41 Å². The Morgan fingerprint density at radius 1 is 1.30 bits per heavy atom. The minimum Gasteiger partial charge on any atom is -0.396 e. The fourth-order valence-electron chi connectivity index (χ4n) is 2.15. The molecule has 0 fully saturated rings. The van der Waals surface area contributed by atoms with Crippen molar-refractivity contribution in [3.63, 3.8) is 0 Å². The highest BCUT2D eigenvalue weighted by molar-refractivity contribution is 14.1. The molecule has 0 atom stereocenters. The maximum absolute atomic E-state index is 14.0. The van der Waals surface area contributed by atoms with Crippen LogP contribution in [0.4, 0.5) is 15.8 Å². The van der Waals surface area contributed by atoms with Gasteiger partial charge in [0.05, 0.1) is 29.5 Å². The van der Waals surface area contributed by atoms with Crippen molar-refractivity contribution in [3.8, 4) is 0 Å². The third kappa shape index (κ3) is 6.03. The van der Waals surface area contributed by atoms with Gasteiger partial charge in [-0.15, -0.1) is 0 Å². The van der Waals surface area contributed by atoms with Crippen LogP contribution >= 0.6 is 34.2 Å². The molecule has 0 heterocycles. The summed E-state index contributed by atoms with van der Waals surface area (Å²) in [6.45, 7) is 5.52. The second-order valence-corrected chi connectivity index (χ2v) is 8.59. The normalized spacial score (nSPS) is 11.4. The number of hydrogen-bond acceptors (Lipinski definition) is 4. The predicted octanol–water partition coefficient (Wildman–Crippen LogP) is 4.82. The first-order chi connectivity index (χ1) is 12.6. The Balaban J connectivity index is 2.25. The molecule has 0 spiro atoms. The first kappa shape index (κ1) is 21.9. The molecule has 0 saturated carbocycles. The van der Waals surface area contributed by atoms with Crippen molar-refractivity contribution in [2.75, 3.05) is 18.5 Å². The summed E-state index contributed by atoms with van der Waals surface area (Å²) >= 11 is 8.06. The summed E-state index contributed by atoms with van der Waals surface area (Å²) in [5, 5.41) is 12.1. The lowest BCUT2D eigenvalue weighted by atomic mass is 9.97. The smallest absolute Gasteiger partial charge is 0.277 e. The van der Waals surface area contributed by atoms with Crippen LogP contribution < -0.4 is 10.8 Å². The largest absolute Gasteiger partial charge is 0.396 e. The molecule has 0 radical (unpaired) electrons. The van der Waals surface area contributed by atoms with Crippen molar-refractivity contribution >= 4 is 51.5 Å². The Hall–Kier alpha value is -1.42. The van der Waals surface area contributed by atoms with Crippen molar-refractivity contribution in [1.82, 2.24) is 5.48 Å². The number of amides is 1. The molecule has 0 aliphatic rings. The Morgan fingerprint density at radius 3 is 2.63 bits per heavy atom. The lowest BCUT2D eigenvalue weighted by molar-refractivity contribution is -0.0197. The summed E-state index contributed by atoms with van der Waals surface area (Å²) in [5.41, 5.74) is 3.91. The fraction of sp³-hybridized carbons (Fsp3) is 0.316. The molecule has 0 aliphatic heterocycles. The second kappa shape index (κ2) is 9.18. The van der Waals surface area contributed by atoms with Crippen molar-refractivity contribution in [3.05, 3.63) is 55.9 Å². The third-order valence-electron chi connectivity index (χ3n) is 3.82. The number of rotatable bonds is 7. The zero-order valence-corrected chi connectivity index (χ0v) is 18.1. The maximum atomic E-state index is 14.0. The van der Waals surface area contributed by atoms with Gasteiger partial charge in [-0.25, -0.2) is 9.87 Å². The molecule has 146 valence electrons. The lowest BCUT2D eigenvalue weighted by Gasteiger charge is -2.21. The Kier molecular flexibility index (Phi) is 7.44. The predicted molar refractivity (Wildman–Crippen MR) is 113 cm³/mol. The Morgan fingerprint density at radius 2 is 2.00 bits per heavy atom. The van der Waals surface area contributed by atoms with E-state index in [9.17, 15) is 14.3 Å². The van der Waals surface area contributed by atoms with Gasteiger partial charge in [0.25, 0.3) is 5.91 Å². The summed E-state index contributed by atoms with van der Waals surface area (Å²) in [5.74, 6) is -1.21. The van der Waals surface area contributed by atoms with E-state index in [1.807, 2.05) is 25.1 Å². The van der Waals surface area contributed by atoms with Crippen LogP contribution in [0.5, 0.6) is 0 Å². The van der Waals surface area contributed by atoms with Gasteiger partial charge in [0.1, 0.15) is 5.82 Å². The minimum atomic E-state index is -0.638. The lowest BCUT2D eigenvalue weighted by Crippen LogP contribution is -2.32. The summed E-state index contributed by atoms with van der Waals surface area (Å²) in [4.78, 5) is 17.7. The molecule has 2 rings (SSSR count). The average molecular weight is 507 g/mol. The van der Waals surface area contributed by atoms with Crippen LogP contribution in [-0.4, -0.2) is 24.2 Å². The average Bonchev–Trinajstić information content (AvgIpc) is 2.60. The number of carbonyl (C=O) groups is 1. The molecule has 3 N–H and O–H groups in total. The molecule has 0 aromatic heterocycles. The van der Waals surface area contributed by atoms with E-state index in [2.05, 4.69) is 33.4 Å². The minimum absolute atomic E-state index is 0.0931. The summed E-state index contributed by atoms with van der Waals surface area (Å²) in [6.07, 6.45) is 0. The molecular weight excluding hydrogens is 486 g/mol. The van der Waals surface area contributed by atoms with Crippen LogP contribution in [0.2, 0.25) is 5.02 Å². The Labute approximate surface area is 176 Å². The van der Waals surface area contributed by atoms with Gasteiger partial charge in [-0.05, 0) is 65.4 Å². The summed E-state index contributed by atoms with van der Waals surface area (Å²) in [6, 6.07) is 8.14. The first-order valence-electron chi connectivity index (χ1n) is 8.18. The number of halogens is 3. The van der Waals surface area contributed by atoms with Gasteiger partial charge >= 0.3 is 0 Å². The molecule has 2 aromatic rings. The number of aliphatic hydroxyl groups excluding tert-OH is 1. The van der Waals surface area contributed by atoms with E-state index in [0.717, 1.165) is 14.8 Å². The molecule has 5 nitrogen and oxygen atoms in total. The molecule has 8 heteroatoms. The van der Waals surface area contributed by atoms with Crippen LogP contribution in [0, 0.1) is 21.7 Å². The zero-order valence-electron chi connectivity index (χ0n) is 15.2. The highest BCUT2D eigenvalue weighted by Gasteiger charge is 2.20. The monoisotopic (exact) mass is 506 g/mol. The Bertz CT molecular complexity index is 846. The van der Waals surface area contributed by atoms with Crippen molar-refractivity contribution < 1.29 is 19.1 Å². The number of nitrogens with one attached hydrogen (secondary N) is 2. The number of aryl methyl sites for hydroxylation is 1. The van der Waals surface area contributed by atoms with Crippen LogP contribution in [0.15, 0.2) is 30.3 Å². The number of aliphatic hydroxyl groups is 1. The van der Waals surface area contributed by atoms with Gasteiger partial charge in [0.2, 0.25) is 0 Å². The van der Waals surface area contributed by atoms with Gasteiger partial charge in [-0.2, -0.15) is 0 Å². The van der Waals surface area contributed by atoms with E-state index in [1.54, 1.807) is 13.8 Å². The number of benzene rings is 2. The molecule has 0 unspecified atom stereocenters. The number of anilines is 2. The van der Waals surface area contributed by atoms with Gasteiger partial charge in [0.15, 0.2) is 0 Å². The van der Waals surface area contributed by atoms with Crippen LogP contribution in [0.25, 0.3) is 0 Å². The first-order valence-corrected chi connectivity index (χ1v) is 9.64. The molecular formula is C19H21ClFIN2O3. The van der Waals surface area contributed by atoms with Crippen LogP contribution in [0.3, 0.4) is 0 Å². The van der Waals surface area contributed by atoms with E-state index in [1.165, 1.54) is 12.1 Å². The van der Waals surface area contributed by atoms with E-state index in [-0.39, 0.29) is 29.5 Å². The summed E-state index contributed by atoms with van der Waals surface area (Å²) < 4.78 is 15.0. The van der Waals surface area contributed by atoms with E-state index >= 15 is 0 Å². The van der Waals surface area contributed by atoms with E-state index in [0.29, 0.717) is 0 Å². The molecule has 1 amide bonds. The molecule has 0 saturated heterocycles. The maximum Gasteiger partial charge on any atom is 0.277 e. The highest BCUT2D eigenvalue weighted by Crippen LogP contribution is 2.29. The SMILES string of the molecule is Cc1cc(I)ccc1Nc1cc(F)c(Cl)cc1C(=O)NOCC(C)(C)CO. The topological polar surface area (TPSA) is 70.6 Å². The summed E-state index contributed by atoms with van der Waals surface area (Å²) in [7, 11) is 0. The van der Waals surface area contributed by atoms with E-state index in [4.69, 9.17) is 16.4 Å². The molecule has 0 bridgehead atoms. The molecule has 0 aliphatic carbocycles. The number of carbonyl (C=O) groups excluding carboxylic acids is 1. The number of hydroxylamine groups is 1. The quantitative estimate of drug-likeness (QED) is 0.372. The zero-order chi connectivity index (χ0) is 20.2. The second-order valence-electron chi connectivity index (χ2n) is 6.94. The molecule has 2 aromatic carbocycles. The molecule has 27 heavy (non-hydrogen) atoms. The van der Waals surface area contributed by atoms with Gasteiger partial charge in [0, 0.05) is 14.7 Å². The third-order valence-corrected chi connectivity index (χ3v) is 4.78. The van der Waals surface area contributed by atoms with Gasteiger partial charge in [-0.1, -0.05) is 25.4 Å². The van der Waals surface area contributed by atoms with Gasteiger partial charge in [-0.3, -0.25) is 9.63 Å². The van der Waals surface area contributed by atoms with Crippen molar-refractivity contribution in [1.29, 1.82) is 0 Å². The standard InChI is InChI=1S/C19H21ClFIN2O3/c1-11-6-12(22)4-5-16(11)23-17-8-15(21)14(20)7-13(17)18(26)24-27-10-19(2,3)9-25/h4-8,23,25H,9-10H2,1-3H3,(H,24,26). The van der Waals surface area contributed by atoms with E-state index < -0.39 is 17.1 Å². The van der Waals surface area contributed by atoms with Crippen LogP contribution in [0.1, 0.15) is 29.8 Å². The highest BCUT2D eigenvalue weighted by atomic mass is 127. The van der Waals surface area contributed by atoms with Crippen LogP contribution in [-0.2, 0) is 4.84 Å². The van der Waals surface area contributed by atoms with Gasteiger partial charge < -0.3 is 10.4 Å².